The van der Waals surface area contributed by atoms with Crippen LogP contribution in [-0.2, 0) is 9.53 Å². The fraction of sp³-hybridized carbons (Fsp3) is 0.941. The van der Waals surface area contributed by atoms with Gasteiger partial charge in [-0.05, 0) is 65.5 Å². The Morgan fingerprint density at radius 3 is 2.43 bits per heavy atom. The maximum atomic E-state index is 12.7. The van der Waals surface area contributed by atoms with Gasteiger partial charge < -0.3 is 10.1 Å². The summed E-state index contributed by atoms with van der Waals surface area (Å²) in [6.07, 6.45) is 4.79. The summed E-state index contributed by atoms with van der Waals surface area (Å²) in [5.74, 6) is 0.223. The summed E-state index contributed by atoms with van der Waals surface area (Å²) >= 11 is 0. The number of ether oxygens (including phenoxy) is 1. The fourth-order valence-corrected chi connectivity index (χ4v) is 3.93. The molecule has 0 aromatic carbocycles. The van der Waals surface area contributed by atoms with Crippen LogP contribution in [0.5, 0.6) is 0 Å². The number of likely N-dealkylation sites (tertiary alicyclic amines) is 1. The number of carbonyl (C=O) groups is 1. The summed E-state index contributed by atoms with van der Waals surface area (Å²) in [4.78, 5) is 15.2. The molecule has 1 spiro atoms. The maximum absolute atomic E-state index is 12.7. The summed E-state index contributed by atoms with van der Waals surface area (Å²) in [6, 6.07) is -0.119. The minimum absolute atomic E-state index is 0.0515. The maximum Gasteiger partial charge on any atom is 0.324 e. The van der Waals surface area contributed by atoms with Crippen LogP contribution in [0, 0.1) is 5.92 Å². The van der Waals surface area contributed by atoms with Gasteiger partial charge in [-0.15, -0.1) is 0 Å². The largest absolute Gasteiger partial charge is 0.459 e. The number of piperidine rings is 1. The molecule has 4 nitrogen and oxygen atoms in total. The Bertz CT molecular complexity index is 367. The van der Waals surface area contributed by atoms with Crippen LogP contribution >= 0.6 is 0 Å². The fourth-order valence-electron chi connectivity index (χ4n) is 3.93. The third kappa shape index (κ3) is 3.78. The number of esters is 1. The highest BCUT2D eigenvalue weighted by Crippen LogP contribution is 2.38. The van der Waals surface area contributed by atoms with Crippen LogP contribution in [-0.4, -0.2) is 47.7 Å². The van der Waals surface area contributed by atoms with E-state index in [9.17, 15) is 4.79 Å². The number of rotatable bonds is 3. The first-order chi connectivity index (χ1) is 9.75. The van der Waals surface area contributed by atoms with Crippen molar-refractivity contribution in [1.29, 1.82) is 0 Å². The average Bonchev–Trinajstić information content (AvgIpc) is 2.71. The molecule has 122 valence electrons. The smallest absolute Gasteiger partial charge is 0.324 e. The van der Waals surface area contributed by atoms with E-state index in [0.717, 1.165) is 19.6 Å². The number of hydrogen-bond donors (Lipinski definition) is 1. The molecule has 0 saturated carbocycles. The molecule has 21 heavy (non-hydrogen) atoms. The Hall–Kier alpha value is -0.610. The summed E-state index contributed by atoms with van der Waals surface area (Å²) in [6.45, 7) is 13.3. The lowest BCUT2D eigenvalue weighted by atomic mass is 9.85. The van der Waals surface area contributed by atoms with Crippen molar-refractivity contribution in [3.63, 3.8) is 0 Å². The molecule has 2 atom stereocenters. The lowest BCUT2D eigenvalue weighted by Gasteiger charge is -2.46. The van der Waals surface area contributed by atoms with Crippen molar-refractivity contribution in [2.24, 2.45) is 5.92 Å². The molecule has 2 heterocycles. The van der Waals surface area contributed by atoms with Crippen molar-refractivity contribution in [2.45, 2.75) is 77.5 Å². The zero-order valence-corrected chi connectivity index (χ0v) is 14.4. The van der Waals surface area contributed by atoms with Crippen LogP contribution in [0.25, 0.3) is 0 Å². The lowest BCUT2D eigenvalue weighted by molar-refractivity contribution is -0.166. The molecule has 0 radical (unpaired) electrons. The zero-order valence-electron chi connectivity index (χ0n) is 14.4. The number of carbonyl (C=O) groups excluding carboxylic acids is 1. The van der Waals surface area contributed by atoms with E-state index in [1.165, 1.54) is 25.7 Å². The van der Waals surface area contributed by atoms with Gasteiger partial charge in [-0.2, -0.15) is 0 Å². The van der Waals surface area contributed by atoms with Crippen molar-refractivity contribution in [3.05, 3.63) is 0 Å². The molecule has 2 fully saturated rings. The minimum Gasteiger partial charge on any atom is -0.459 e. The highest BCUT2D eigenvalue weighted by atomic mass is 16.6. The SMILES string of the molecule is CC(C)[C@@H](C(=O)OC(C)(C)C)N1CCC[C@@]12CCCNC2. The van der Waals surface area contributed by atoms with Gasteiger partial charge in [-0.3, -0.25) is 9.69 Å². The van der Waals surface area contributed by atoms with Gasteiger partial charge in [0, 0.05) is 12.1 Å². The summed E-state index contributed by atoms with van der Waals surface area (Å²) < 4.78 is 5.71. The predicted octanol–water partition coefficient (Wildman–Crippen LogP) is 2.57. The molecule has 0 aromatic rings. The molecule has 0 aliphatic carbocycles. The van der Waals surface area contributed by atoms with Gasteiger partial charge in [0.2, 0.25) is 0 Å². The first-order valence-corrected chi connectivity index (χ1v) is 8.45. The van der Waals surface area contributed by atoms with Crippen molar-refractivity contribution in [1.82, 2.24) is 10.2 Å². The van der Waals surface area contributed by atoms with Crippen molar-refractivity contribution in [2.75, 3.05) is 19.6 Å². The third-order valence-electron chi connectivity index (χ3n) is 4.72. The molecule has 2 saturated heterocycles. The van der Waals surface area contributed by atoms with E-state index >= 15 is 0 Å². The lowest BCUT2D eigenvalue weighted by Crippen LogP contribution is -2.61. The Morgan fingerprint density at radius 1 is 1.24 bits per heavy atom. The van der Waals surface area contributed by atoms with Crippen molar-refractivity contribution < 1.29 is 9.53 Å². The van der Waals surface area contributed by atoms with Gasteiger partial charge >= 0.3 is 5.97 Å². The second-order valence-electron chi connectivity index (χ2n) is 8.02. The first kappa shape index (κ1) is 16.8. The molecule has 2 aliphatic rings. The third-order valence-corrected chi connectivity index (χ3v) is 4.72. The molecule has 2 aliphatic heterocycles. The highest BCUT2D eigenvalue weighted by Gasteiger charge is 2.48. The Kier molecular flexibility index (Phi) is 4.99. The summed E-state index contributed by atoms with van der Waals surface area (Å²) in [5.41, 5.74) is -0.244. The second kappa shape index (κ2) is 6.25. The van der Waals surface area contributed by atoms with Crippen LogP contribution in [0.4, 0.5) is 0 Å². The Morgan fingerprint density at radius 2 is 1.90 bits per heavy atom. The Labute approximate surface area is 129 Å². The summed E-state index contributed by atoms with van der Waals surface area (Å²) in [5, 5.41) is 3.53. The van der Waals surface area contributed by atoms with Crippen molar-refractivity contribution in [3.8, 4) is 0 Å². The molecule has 1 N–H and O–H groups in total. The predicted molar refractivity (Wildman–Crippen MR) is 85.2 cm³/mol. The molecule has 2 rings (SSSR count). The molecule has 0 unspecified atom stereocenters. The average molecular weight is 296 g/mol. The monoisotopic (exact) mass is 296 g/mol. The van der Waals surface area contributed by atoms with Gasteiger partial charge in [-0.25, -0.2) is 0 Å². The quantitative estimate of drug-likeness (QED) is 0.813. The molecular weight excluding hydrogens is 264 g/mol. The minimum atomic E-state index is -0.415. The van der Waals surface area contributed by atoms with E-state index in [1.54, 1.807) is 0 Å². The van der Waals surface area contributed by atoms with Gasteiger partial charge in [0.25, 0.3) is 0 Å². The first-order valence-electron chi connectivity index (χ1n) is 8.45. The summed E-state index contributed by atoms with van der Waals surface area (Å²) in [7, 11) is 0. The van der Waals surface area contributed by atoms with Gasteiger partial charge in [0.1, 0.15) is 11.6 Å². The molecular formula is C17H32N2O2. The van der Waals surface area contributed by atoms with E-state index in [2.05, 4.69) is 24.1 Å². The number of nitrogens with zero attached hydrogens (tertiary/aromatic N) is 1. The van der Waals surface area contributed by atoms with Gasteiger partial charge in [0.15, 0.2) is 0 Å². The molecule has 0 aromatic heterocycles. The normalized spacial score (nSPS) is 29.0. The molecule has 0 bridgehead atoms. The number of nitrogens with one attached hydrogen (secondary N) is 1. The number of hydrogen-bond acceptors (Lipinski definition) is 4. The van der Waals surface area contributed by atoms with E-state index < -0.39 is 5.60 Å². The van der Waals surface area contributed by atoms with Gasteiger partial charge in [0.05, 0.1) is 0 Å². The van der Waals surface area contributed by atoms with Crippen LogP contribution in [0.1, 0.15) is 60.3 Å². The van der Waals surface area contributed by atoms with Crippen molar-refractivity contribution >= 4 is 5.97 Å². The van der Waals surface area contributed by atoms with Gasteiger partial charge in [-0.1, -0.05) is 13.8 Å². The van der Waals surface area contributed by atoms with Crippen LogP contribution in [0.3, 0.4) is 0 Å². The zero-order chi connectivity index (χ0) is 15.7. The standard InChI is InChI=1S/C17H32N2O2/c1-13(2)14(15(20)21-16(3,4)5)19-11-7-9-17(19)8-6-10-18-12-17/h13-14,18H,6-12H2,1-5H3/t14-,17+/m0/s1. The van der Waals surface area contributed by atoms with Crippen LogP contribution < -0.4 is 5.32 Å². The molecule has 4 heteroatoms. The van der Waals surface area contributed by atoms with E-state index in [-0.39, 0.29) is 23.5 Å². The van der Waals surface area contributed by atoms with E-state index in [1.807, 2.05) is 20.8 Å². The topological polar surface area (TPSA) is 41.6 Å². The molecule has 0 amide bonds. The highest BCUT2D eigenvalue weighted by molar-refractivity contribution is 5.76. The van der Waals surface area contributed by atoms with Crippen LogP contribution in [0.2, 0.25) is 0 Å². The van der Waals surface area contributed by atoms with E-state index in [0.29, 0.717) is 0 Å². The van der Waals surface area contributed by atoms with E-state index in [4.69, 9.17) is 4.74 Å². The van der Waals surface area contributed by atoms with Crippen LogP contribution in [0.15, 0.2) is 0 Å². The second-order valence-corrected chi connectivity index (χ2v) is 8.02. The Balaban J connectivity index is 2.19.